The number of benzene rings is 1. The summed E-state index contributed by atoms with van der Waals surface area (Å²) in [6, 6.07) is 3.09. The zero-order valence-corrected chi connectivity index (χ0v) is 20.9. The van der Waals surface area contributed by atoms with Crippen LogP contribution in [0, 0.1) is 0 Å². The minimum absolute atomic E-state index is 0.0406. The monoisotopic (exact) mass is 547 g/mol. The van der Waals surface area contributed by atoms with Gasteiger partial charge in [-0.25, -0.2) is 4.98 Å². The molecular weight excluding hydrogens is 526 g/mol. The first-order valence-electron chi connectivity index (χ1n) is 10.6. The highest BCUT2D eigenvalue weighted by atomic mass is 35.5. The van der Waals surface area contributed by atoms with Crippen molar-refractivity contribution < 1.29 is 22.8 Å². The molecule has 13 heteroatoms. The molecule has 0 bridgehead atoms. The highest BCUT2D eigenvalue weighted by molar-refractivity contribution is 7.13. The molecule has 1 aliphatic heterocycles. The second-order valence-electron chi connectivity index (χ2n) is 7.57. The Bertz CT molecular complexity index is 1140. The molecule has 2 heterocycles. The van der Waals surface area contributed by atoms with E-state index >= 15 is 0 Å². The molecule has 188 valence electrons. The number of rotatable bonds is 6. The molecule has 35 heavy (non-hydrogen) atoms. The summed E-state index contributed by atoms with van der Waals surface area (Å²) in [6.45, 7) is 1.70. The highest BCUT2D eigenvalue weighted by Gasteiger charge is 2.33. The summed E-state index contributed by atoms with van der Waals surface area (Å²) < 4.78 is 39.1. The molecule has 1 aliphatic rings. The average Bonchev–Trinajstić information content (AvgIpc) is 3.29. The number of carbonyl (C=O) groups excluding carboxylic acids is 2. The molecule has 0 saturated carbocycles. The van der Waals surface area contributed by atoms with E-state index in [1.165, 1.54) is 18.3 Å². The van der Waals surface area contributed by atoms with Gasteiger partial charge in [0.05, 0.1) is 28.4 Å². The number of nitrogens with one attached hydrogen (secondary N) is 2. The van der Waals surface area contributed by atoms with Gasteiger partial charge in [-0.05, 0) is 37.5 Å². The molecule has 1 aromatic carbocycles. The third kappa shape index (κ3) is 7.42. The van der Waals surface area contributed by atoms with E-state index in [-0.39, 0.29) is 22.1 Å². The van der Waals surface area contributed by atoms with Crippen LogP contribution in [0.2, 0.25) is 5.02 Å². The summed E-state index contributed by atoms with van der Waals surface area (Å²) in [4.78, 5) is 35.2. The molecule has 3 rings (SSSR count). The molecule has 1 saturated heterocycles. The number of piperidine rings is 1. The maximum atomic E-state index is 13.0. The summed E-state index contributed by atoms with van der Waals surface area (Å²) >= 11 is 12.9. The normalized spacial score (nSPS) is 15.2. The molecule has 7 nitrogen and oxygen atoms in total. The second-order valence-corrected chi connectivity index (χ2v) is 9.50. The Morgan fingerprint density at radius 1 is 1.26 bits per heavy atom. The van der Waals surface area contributed by atoms with E-state index in [4.69, 9.17) is 23.2 Å². The zero-order valence-electron chi connectivity index (χ0n) is 18.6. The maximum absolute atomic E-state index is 13.0. The molecule has 1 fully saturated rings. The first-order valence-corrected chi connectivity index (χ1v) is 12.2. The Labute approximate surface area is 214 Å². The van der Waals surface area contributed by atoms with Crippen LogP contribution in [0.3, 0.4) is 0 Å². The largest absolute Gasteiger partial charge is 0.417 e. The van der Waals surface area contributed by atoms with E-state index < -0.39 is 28.6 Å². The Kier molecular flexibility index (Phi) is 9.15. The van der Waals surface area contributed by atoms with Gasteiger partial charge in [0.15, 0.2) is 0 Å². The van der Waals surface area contributed by atoms with Crippen LogP contribution < -0.4 is 10.6 Å². The minimum Gasteiger partial charge on any atom is -0.356 e. The van der Waals surface area contributed by atoms with E-state index in [0.717, 1.165) is 55.8 Å². The summed E-state index contributed by atoms with van der Waals surface area (Å²) in [6.07, 6.45) is 1.11. The molecule has 2 N–H and O–H groups in total. The van der Waals surface area contributed by atoms with Crippen LogP contribution in [0.25, 0.3) is 0 Å². The van der Waals surface area contributed by atoms with Gasteiger partial charge in [-0.2, -0.15) is 13.2 Å². The summed E-state index contributed by atoms with van der Waals surface area (Å²) in [7, 11) is 1.62. The van der Waals surface area contributed by atoms with Crippen molar-refractivity contribution in [1.82, 2.24) is 15.2 Å². The van der Waals surface area contributed by atoms with Crippen molar-refractivity contribution in [3.8, 4) is 0 Å². The lowest BCUT2D eigenvalue weighted by Gasteiger charge is -2.29. The van der Waals surface area contributed by atoms with Crippen molar-refractivity contribution in [1.29, 1.82) is 0 Å². The number of halogens is 5. The van der Waals surface area contributed by atoms with Crippen molar-refractivity contribution in [3.05, 3.63) is 56.0 Å². The van der Waals surface area contributed by atoms with Gasteiger partial charge in [-0.15, -0.1) is 11.3 Å². The van der Waals surface area contributed by atoms with Crippen LogP contribution in [-0.2, 0) is 17.5 Å². The van der Waals surface area contributed by atoms with Crippen LogP contribution in [0.1, 0.15) is 39.5 Å². The van der Waals surface area contributed by atoms with E-state index in [9.17, 15) is 22.8 Å². The molecular formula is C22H22Cl2F3N5O2S. The van der Waals surface area contributed by atoms with Crippen LogP contribution in [0.5, 0.6) is 0 Å². The van der Waals surface area contributed by atoms with E-state index in [0.29, 0.717) is 10.8 Å². The lowest BCUT2D eigenvalue weighted by molar-refractivity contribution is -0.137. The number of aromatic nitrogens is 1. The highest BCUT2D eigenvalue weighted by Crippen LogP contribution is 2.36. The van der Waals surface area contributed by atoms with Gasteiger partial charge in [-0.1, -0.05) is 23.2 Å². The third-order valence-electron chi connectivity index (χ3n) is 5.06. The number of anilines is 1. The molecule has 0 atom stereocenters. The van der Waals surface area contributed by atoms with Gasteiger partial charge in [-0.3, -0.25) is 14.6 Å². The third-order valence-corrected chi connectivity index (χ3v) is 6.66. The second kappa shape index (κ2) is 11.9. The summed E-state index contributed by atoms with van der Waals surface area (Å²) in [5.41, 5.74) is -1.11. The van der Waals surface area contributed by atoms with Gasteiger partial charge < -0.3 is 15.5 Å². The molecule has 0 aliphatic carbocycles. The fraction of sp³-hybridized carbons (Fsp3) is 0.364. The number of alkyl halides is 3. The maximum Gasteiger partial charge on any atom is 0.417 e. The lowest BCUT2D eigenvalue weighted by atomic mass is 10.1. The smallest absolute Gasteiger partial charge is 0.356 e. The van der Waals surface area contributed by atoms with Gasteiger partial charge in [0.2, 0.25) is 5.91 Å². The van der Waals surface area contributed by atoms with Crippen molar-refractivity contribution in [2.75, 3.05) is 25.5 Å². The molecule has 1 aromatic heterocycles. The van der Waals surface area contributed by atoms with Crippen LogP contribution in [-0.4, -0.2) is 47.7 Å². The number of likely N-dealkylation sites (tertiary alicyclic amines) is 1. The number of amides is 2. The van der Waals surface area contributed by atoms with Gasteiger partial charge >= 0.3 is 6.18 Å². The Hall–Kier alpha value is -2.63. The fourth-order valence-corrected chi connectivity index (χ4v) is 4.69. The number of hydrogen-bond donors (Lipinski definition) is 2. The van der Waals surface area contributed by atoms with E-state index in [2.05, 4.69) is 20.6 Å². The molecule has 0 radical (unpaired) electrons. The topological polar surface area (TPSA) is 86.7 Å². The van der Waals surface area contributed by atoms with E-state index in [1.807, 2.05) is 4.90 Å². The van der Waals surface area contributed by atoms with Crippen molar-refractivity contribution in [3.63, 3.8) is 0 Å². The molecule has 0 unspecified atom stereocenters. The number of amidine groups is 1. The van der Waals surface area contributed by atoms with Gasteiger partial charge in [0.25, 0.3) is 5.91 Å². The lowest BCUT2D eigenvalue weighted by Crippen LogP contribution is -2.36. The molecule has 2 aromatic rings. The SMILES string of the molecule is CN=C(/C(Cl)=C/C(=O)NCc1ncc(C(=O)Nc2ccc(Cl)c(C(F)(F)F)c2)s1)N1CCCCC1. The standard InChI is InChI=1S/C22H22Cl2F3N5O2S/c1-28-20(32-7-3-2-4-8-32)16(24)10-18(33)29-12-19-30-11-17(35-19)21(34)31-13-5-6-15(23)14(9-13)22(25,26)27/h5-6,9-11H,2-4,7-8,12H2,1H3,(H,29,33)(H,31,34)/b16-10-,28-20?. The van der Waals surface area contributed by atoms with Crippen LogP contribution >= 0.6 is 34.5 Å². The molecule has 0 spiro atoms. The van der Waals surface area contributed by atoms with Crippen molar-refractivity contribution >= 4 is 57.9 Å². The van der Waals surface area contributed by atoms with Crippen LogP contribution in [0.4, 0.5) is 18.9 Å². The van der Waals surface area contributed by atoms with Crippen LogP contribution in [0.15, 0.2) is 40.5 Å². The number of thiazole rings is 1. The summed E-state index contributed by atoms with van der Waals surface area (Å²) in [5, 5.41) is 5.24. The van der Waals surface area contributed by atoms with Gasteiger partial charge in [0, 0.05) is 31.9 Å². The minimum atomic E-state index is -4.65. The Morgan fingerprint density at radius 2 is 1.97 bits per heavy atom. The summed E-state index contributed by atoms with van der Waals surface area (Å²) in [5.74, 6) is -0.524. The predicted molar refractivity (Wildman–Crippen MR) is 131 cm³/mol. The Morgan fingerprint density at radius 3 is 2.63 bits per heavy atom. The Balaban J connectivity index is 1.57. The number of carbonyl (C=O) groups is 2. The first kappa shape index (κ1) is 27.0. The van der Waals surface area contributed by atoms with Crippen molar-refractivity contribution in [2.45, 2.75) is 32.0 Å². The van der Waals surface area contributed by atoms with E-state index in [1.54, 1.807) is 7.05 Å². The number of nitrogens with zero attached hydrogens (tertiary/aromatic N) is 3. The fourth-order valence-electron chi connectivity index (χ4n) is 3.41. The average molecular weight is 548 g/mol. The zero-order chi connectivity index (χ0) is 25.6. The number of hydrogen-bond acceptors (Lipinski definition) is 5. The first-order chi connectivity index (χ1) is 16.6. The quantitative estimate of drug-likeness (QED) is 0.291. The van der Waals surface area contributed by atoms with Gasteiger partial charge in [0.1, 0.15) is 15.7 Å². The number of aliphatic imine (C=N–C) groups is 1. The molecule has 2 amide bonds. The predicted octanol–water partition coefficient (Wildman–Crippen LogP) is 5.32. The van der Waals surface area contributed by atoms with Crippen molar-refractivity contribution in [2.24, 2.45) is 4.99 Å².